The first-order chi connectivity index (χ1) is 10.6. The van der Waals surface area contributed by atoms with Crippen molar-refractivity contribution in [3.05, 3.63) is 47.0 Å². The lowest BCUT2D eigenvalue weighted by molar-refractivity contribution is 0.122. The number of pyridine rings is 1. The average molecular weight is 297 g/mol. The highest BCUT2D eigenvalue weighted by Crippen LogP contribution is 2.26. The molecule has 4 heteroatoms. The molecule has 0 bridgehead atoms. The highest BCUT2D eigenvalue weighted by atomic mass is 16.5. The van der Waals surface area contributed by atoms with Crippen LogP contribution in [0.3, 0.4) is 0 Å². The number of nitrogens with one attached hydrogen (secondary N) is 1. The van der Waals surface area contributed by atoms with E-state index in [1.54, 1.807) is 0 Å². The second-order valence-corrected chi connectivity index (χ2v) is 5.88. The summed E-state index contributed by atoms with van der Waals surface area (Å²) in [6.07, 6.45) is 0. The third kappa shape index (κ3) is 3.22. The summed E-state index contributed by atoms with van der Waals surface area (Å²) >= 11 is 0. The highest BCUT2D eigenvalue weighted by Gasteiger charge is 2.13. The summed E-state index contributed by atoms with van der Waals surface area (Å²) in [5, 5.41) is 3.48. The predicted octanol–water partition coefficient (Wildman–Crippen LogP) is 3.59. The van der Waals surface area contributed by atoms with Gasteiger partial charge in [0.1, 0.15) is 11.6 Å². The van der Waals surface area contributed by atoms with Gasteiger partial charge in [-0.1, -0.05) is 23.8 Å². The third-order valence-corrected chi connectivity index (χ3v) is 4.00. The molecule has 2 aromatic rings. The summed E-state index contributed by atoms with van der Waals surface area (Å²) in [7, 11) is 0. The Kier molecular flexibility index (Phi) is 4.29. The first-order valence-electron chi connectivity index (χ1n) is 7.78. The van der Waals surface area contributed by atoms with Gasteiger partial charge < -0.3 is 15.0 Å². The number of rotatable bonds is 3. The summed E-state index contributed by atoms with van der Waals surface area (Å²) in [6.45, 7) is 9.74. The lowest BCUT2D eigenvalue weighted by Gasteiger charge is -2.28. The van der Waals surface area contributed by atoms with E-state index in [9.17, 15) is 0 Å². The van der Waals surface area contributed by atoms with E-state index in [0.717, 1.165) is 43.6 Å². The van der Waals surface area contributed by atoms with Crippen molar-refractivity contribution in [2.75, 3.05) is 36.5 Å². The van der Waals surface area contributed by atoms with Crippen molar-refractivity contribution in [1.82, 2.24) is 4.98 Å². The Bertz CT molecular complexity index is 640. The molecule has 1 aliphatic heterocycles. The number of hydrogen-bond donors (Lipinski definition) is 1. The Balaban J connectivity index is 1.84. The summed E-state index contributed by atoms with van der Waals surface area (Å²) in [6, 6.07) is 10.5. The summed E-state index contributed by atoms with van der Waals surface area (Å²) in [5.74, 6) is 1.90. The molecule has 0 atom stereocenters. The van der Waals surface area contributed by atoms with E-state index in [1.165, 1.54) is 16.7 Å². The molecule has 1 aromatic carbocycles. The minimum Gasteiger partial charge on any atom is -0.378 e. The number of nitrogens with zero attached hydrogens (tertiary/aromatic N) is 2. The molecule has 22 heavy (non-hydrogen) atoms. The van der Waals surface area contributed by atoms with Gasteiger partial charge in [-0.25, -0.2) is 4.98 Å². The molecule has 0 aliphatic carbocycles. The fourth-order valence-corrected chi connectivity index (χ4v) is 2.97. The summed E-state index contributed by atoms with van der Waals surface area (Å²) in [5.41, 5.74) is 4.93. The number of ether oxygens (including phenoxy) is 1. The SMILES string of the molecule is Cc1cc(C)c(Nc2cccc(N3CCOCC3)n2)c(C)c1. The number of benzene rings is 1. The Hall–Kier alpha value is -2.07. The van der Waals surface area contributed by atoms with Gasteiger partial charge in [-0.15, -0.1) is 0 Å². The maximum Gasteiger partial charge on any atom is 0.132 e. The van der Waals surface area contributed by atoms with Crippen LogP contribution < -0.4 is 10.2 Å². The number of aryl methyl sites for hydroxylation is 3. The maximum absolute atomic E-state index is 5.40. The summed E-state index contributed by atoms with van der Waals surface area (Å²) in [4.78, 5) is 7.02. The molecule has 0 unspecified atom stereocenters. The number of aromatic nitrogens is 1. The molecular weight excluding hydrogens is 274 g/mol. The molecule has 0 radical (unpaired) electrons. The Morgan fingerprint density at radius 2 is 1.73 bits per heavy atom. The van der Waals surface area contributed by atoms with Gasteiger partial charge >= 0.3 is 0 Å². The number of anilines is 3. The Morgan fingerprint density at radius 3 is 2.41 bits per heavy atom. The van der Waals surface area contributed by atoms with Crippen LogP contribution in [0.4, 0.5) is 17.3 Å². The quantitative estimate of drug-likeness (QED) is 0.939. The Labute approximate surface area is 132 Å². The van der Waals surface area contributed by atoms with Gasteiger partial charge in [0.05, 0.1) is 13.2 Å². The molecule has 2 heterocycles. The van der Waals surface area contributed by atoms with Gasteiger partial charge in [0.15, 0.2) is 0 Å². The van der Waals surface area contributed by atoms with Crippen molar-refractivity contribution in [3.8, 4) is 0 Å². The largest absolute Gasteiger partial charge is 0.378 e. The highest BCUT2D eigenvalue weighted by molar-refractivity contribution is 5.66. The van der Waals surface area contributed by atoms with Gasteiger partial charge in [0.2, 0.25) is 0 Å². The van der Waals surface area contributed by atoms with Gasteiger partial charge in [-0.2, -0.15) is 0 Å². The van der Waals surface area contributed by atoms with Gasteiger partial charge in [-0.05, 0) is 44.0 Å². The predicted molar refractivity (Wildman–Crippen MR) is 91.2 cm³/mol. The van der Waals surface area contributed by atoms with Gasteiger partial charge in [0.25, 0.3) is 0 Å². The molecular formula is C18H23N3O. The molecule has 1 saturated heterocycles. The monoisotopic (exact) mass is 297 g/mol. The second kappa shape index (κ2) is 6.36. The fraction of sp³-hybridized carbons (Fsp3) is 0.389. The third-order valence-electron chi connectivity index (χ3n) is 4.00. The van der Waals surface area contributed by atoms with Gasteiger partial charge in [-0.3, -0.25) is 0 Å². The van der Waals surface area contributed by atoms with E-state index >= 15 is 0 Å². The second-order valence-electron chi connectivity index (χ2n) is 5.88. The zero-order valence-electron chi connectivity index (χ0n) is 13.5. The van der Waals surface area contributed by atoms with E-state index < -0.39 is 0 Å². The van der Waals surface area contributed by atoms with Crippen LogP contribution in [-0.4, -0.2) is 31.3 Å². The zero-order valence-corrected chi connectivity index (χ0v) is 13.5. The van der Waals surface area contributed by atoms with Gasteiger partial charge in [0, 0.05) is 18.8 Å². The molecule has 3 rings (SSSR count). The zero-order chi connectivity index (χ0) is 15.5. The van der Waals surface area contributed by atoms with Crippen molar-refractivity contribution in [3.63, 3.8) is 0 Å². The fourth-order valence-electron chi connectivity index (χ4n) is 2.97. The topological polar surface area (TPSA) is 37.4 Å². The summed E-state index contributed by atoms with van der Waals surface area (Å²) < 4.78 is 5.40. The molecule has 1 aromatic heterocycles. The van der Waals surface area contributed by atoms with Crippen molar-refractivity contribution in [2.24, 2.45) is 0 Å². The smallest absolute Gasteiger partial charge is 0.132 e. The number of morpholine rings is 1. The Morgan fingerprint density at radius 1 is 1.05 bits per heavy atom. The maximum atomic E-state index is 5.40. The molecule has 1 N–H and O–H groups in total. The van der Waals surface area contributed by atoms with Crippen molar-refractivity contribution >= 4 is 17.3 Å². The molecule has 116 valence electrons. The minimum atomic E-state index is 0.773. The normalized spacial score (nSPS) is 15.0. The van der Waals surface area contributed by atoms with Crippen LogP contribution in [0, 0.1) is 20.8 Å². The molecule has 0 amide bonds. The van der Waals surface area contributed by atoms with E-state index in [4.69, 9.17) is 9.72 Å². The molecule has 4 nitrogen and oxygen atoms in total. The lowest BCUT2D eigenvalue weighted by atomic mass is 10.1. The van der Waals surface area contributed by atoms with E-state index in [1.807, 2.05) is 6.07 Å². The van der Waals surface area contributed by atoms with Crippen molar-refractivity contribution in [2.45, 2.75) is 20.8 Å². The van der Waals surface area contributed by atoms with Crippen LogP contribution in [0.5, 0.6) is 0 Å². The van der Waals surface area contributed by atoms with Crippen LogP contribution in [0.1, 0.15) is 16.7 Å². The number of hydrogen-bond acceptors (Lipinski definition) is 4. The minimum absolute atomic E-state index is 0.773. The van der Waals surface area contributed by atoms with Crippen molar-refractivity contribution < 1.29 is 4.74 Å². The van der Waals surface area contributed by atoms with E-state index in [2.05, 4.69) is 55.3 Å². The van der Waals surface area contributed by atoms with Crippen LogP contribution >= 0.6 is 0 Å². The molecule has 0 spiro atoms. The first kappa shape index (κ1) is 14.9. The standard InChI is InChI=1S/C18H23N3O/c1-13-11-14(2)18(15(3)12-13)20-16-5-4-6-17(19-16)21-7-9-22-10-8-21/h4-6,11-12H,7-10H2,1-3H3,(H,19,20). The lowest BCUT2D eigenvalue weighted by Crippen LogP contribution is -2.36. The van der Waals surface area contributed by atoms with Crippen LogP contribution in [-0.2, 0) is 4.74 Å². The van der Waals surface area contributed by atoms with Crippen LogP contribution in [0.25, 0.3) is 0 Å². The van der Waals surface area contributed by atoms with Crippen molar-refractivity contribution in [1.29, 1.82) is 0 Å². The van der Waals surface area contributed by atoms with Crippen LogP contribution in [0.2, 0.25) is 0 Å². The average Bonchev–Trinajstić information content (AvgIpc) is 2.52. The van der Waals surface area contributed by atoms with Crippen LogP contribution in [0.15, 0.2) is 30.3 Å². The molecule has 1 aliphatic rings. The van der Waals surface area contributed by atoms with E-state index in [-0.39, 0.29) is 0 Å². The first-order valence-corrected chi connectivity index (χ1v) is 7.78. The van der Waals surface area contributed by atoms with E-state index in [0.29, 0.717) is 0 Å². The molecule has 0 saturated carbocycles. The molecule has 1 fully saturated rings.